The molecule has 0 spiro atoms. The third-order valence-electron chi connectivity index (χ3n) is 5.16. The van der Waals surface area contributed by atoms with Crippen LogP contribution in [-0.4, -0.2) is 54.8 Å². The predicted octanol–water partition coefficient (Wildman–Crippen LogP) is 2.82. The molecule has 138 valence electrons. The Bertz CT molecular complexity index is 556. The van der Waals surface area contributed by atoms with Gasteiger partial charge in [0.05, 0.1) is 5.69 Å². The van der Waals surface area contributed by atoms with Crippen LogP contribution in [0.1, 0.15) is 44.9 Å². The summed E-state index contributed by atoms with van der Waals surface area (Å²) in [6.45, 7) is 4.24. The van der Waals surface area contributed by atoms with E-state index in [2.05, 4.69) is 4.90 Å². The first-order chi connectivity index (χ1) is 12.3. The summed E-state index contributed by atoms with van der Waals surface area (Å²) in [6, 6.07) is 7.70. The van der Waals surface area contributed by atoms with Gasteiger partial charge in [-0.05, 0) is 57.5 Å². The van der Waals surface area contributed by atoms with E-state index in [1.807, 2.05) is 29.2 Å². The molecule has 1 N–H and O–H groups in total. The Morgan fingerprint density at radius 3 is 2.52 bits per heavy atom. The average Bonchev–Trinajstić information content (AvgIpc) is 2.90. The highest BCUT2D eigenvalue weighted by atomic mass is 16.5. The molecule has 5 nitrogen and oxygen atoms in total. The van der Waals surface area contributed by atoms with Crippen LogP contribution in [-0.2, 0) is 4.79 Å². The number of unbranched alkanes of at least 4 members (excludes halogenated alkanes) is 1. The minimum absolute atomic E-state index is 0.0254. The van der Waals surface area contributed by atoms with Crippen molar-refractivity contribution in [1.82, 2.24) is 4.90 Å². The van der Waals surface area contributed by atoms with Gasteiger partial charge in [-0.25, -0.2) is 0 Å². The Kier molecular flexibility index (Phi) is 6.70. The summed E-state index contributed by atoms with van der Waals surface area (Å²) in [4.78, 5) is 17.1. The summed E-state index contributed by atoms with van der Waals surface area (Å²) in [5.74, 6) is 0.718. The summed E-state index contributed by atoms with van der Waals surface area (Å²) >= 11 is 0. The van der Waals surface area contributed by atoms with Gasteiger partial charge >= 0.3 is 0 Å². The number of para-hydroxylation sites is 2. The number of nitrogens with zero attached hydrogens (tertiary/aromatic N) is 2. The number of hydrogen-bond donors (Lipinski definition) is 1. The van der Waals surface area contributed by atoms with E-state index in [0.29, 0.717) is 6.42 Å². The molecule has 2 aliphatic rings. The molecule has 0 aliphatic carbocycles. The maximum Gasteiger partial charge on any atom is 0.268 e. The number of aliphatic hydroxyl groups excluding tert-OH is 1. The van der Waals surface area contributed by atoms with Gasteiger partial charge in [-0.3, -0.25) is 4.79 Å². The number of benzene rings is 1. The molecule has 0 radical (unpaired) electrons. The Labute approximate surface area is 150 Å². The van der Waals surface area contributed by atoms with Crippen molar-refractivity contribution in [1.29, 1.82) is 0 Å². The van der Waals surface area contributed by atoms with E-state index >= 15 is 0 Å². The van der Waals surface area contributed by atoms with Gasteiger partial charge in [0.25, 0.3) is 5.91 Å². The van der Waals surface area contributed by atoms with Crippen LogP contribution in [0.15, 0.2) is 24.3 Å². The van der Waals surface area contributed by atoms with Gasteiger partial charge in [0.2, 0.25) is 0 Å². The van der Waals surface area contributed by atoms with Gasteiger partial charge in [0.1, 0.15) is 5.75 Å². The van der Waals surface area contributed by atoms with Crippen LogP contribution < -0.4 is 9.64 Å². The zero-order valence-electron chi connectivity index (χ0n) is 15.0. The number of hydrogen-bond acceptors (Lipinski definition) is 4. The monoisotopic (exact) mass is 346 g/mol. The normalized spacial score (nSPS) is 21.6. The third kappa shape index (κ3) is 4.73. The molecule has 0 bridgehead atoms. The lowest BCUT2D eigenvalue weighted by Crippen LogP contribution is -2.46. The van der Waals surface area contributed by atoms with E-state index in [0.717, 1.165) is 37.4 Å². The molecule has 1 unspecified atom stereocenters. The van der Waals surface area contributed by atoms with Crippen molar-refractivity contribution in [3.05, 3.63) is 24.3 Å². The molecule has 3 rings (SSSR count). The lowest BCUT2D eigenvalue weighted by Gasteiger charge is -2.34. The maximum atomic E-state index is 12.7. The lowest BCUT2D eigenvalue weighted by molar-refractivity contribution is -0.127. The first kappa shape index (κ1) is 18.2. The van der Waals surface area contributed by atoms with E-state index < -0.39 is 6.10 Å². The SMILES string of the molecule is O=C1C(CCO)Oc2ccccc2N1CCCCN1CCCCCC1. The van der Waals surface area contributed by atoms with Crippen molar-refractivity contribution >= 4 is 11.6 Å². The summed E-state index contributed by atoms with van der Waals surface area (Å²) in [5, 5.41) is 9.20. The quantitative estimate of drug-likeness (QED) is 0.772. The molecule has 1 aromatic rings. The van der Waals surface area contributed by atoms with Gasteiger partial charge in [-0.15, -0.1) is 0 Å². The molecule has 2 heterocycles. The van der Waals surface area contributed by atoms with Gasteiger partial charge in [0, 0.05) is 19.6 Å². The van der Waals surface area contributed by atoms with Gasteiger partial charge in [-0.1, -0.05) is 25.0 Å². The molecule has 0 aromatic heterocycles. The van der Waals surface area contributed by atoms with E-state index in [1.54, 1.807) is 0 Å². The number of carbonyl (C=O) groups excluding carboxylic acids is 1. The third-order valence-corrected chi connectivity index (χ3v) is 5.16. The fourth-order valence-corrected chi connectivity index (χ4v) is 3.77. The van der Waals surface area contributed by atoms with Crippen molar-refractivity contribution in [2.45, 2.75) is 51.0 Å². The minimum atomic E-state index is -0.564. The standard InChI is InChI=1S/C20H30N2O3/c23-16-11-19-20(24)22(17-9-3-4-10-18(17)25-19)15-8-7-14-21-12-5-1-2-6-13-21/h3-4,9-10,19,23H,1-2,5-8,11-16H2. The maximum absolute atomic E-state index is 12.7. The fraction of sp³-hybridized carbons (Fsp3) is 0.650. The van der Waals surface area contributed by atoms with Crippen molar-refractivity contribution in [2.24, 2.45) is 0 Å². The van der Waals surface area contributed by atoms with Crippen molar-refractivity contribution in [2.75, 3.05) is 37.7 Å². The van der Waals surface area contributed by atoms with E-state index in [4.69, 9.17) is 4.74 Å². The molecule has 2 aliphatic heterocycles. The van der Waals surface area contributed by atoms with E-state index in [9.17, 15) is 9.90 Å². The molecule has 1 saturated heterocycles. The zero-order chi connectivity index (χ0) is 17.5. The Balaban J connectivity index is 1.55. The molecule has 5 heteroatoms. The average molecular weight is 346 g/mol. The lowest BCUT2D eigenvalue weighted by atomic mass is 10.1. The molecule has 1 fully saturated rings. The van der Waals surface area contributed by atoms with E-state index in [-0.39, 0.29) is 12.5 Å². The molecule has 1 amide bonds. The second-order valence-corrected chi connectivity index (χ2v) is 7.04. The second kappa shape index (κ2) is 9.20. The summed E-state index contributed by atoms with van der Waals surface area (Å²) in [7, 11) is 0. The Morgan fingerprint density at radius 1 is 1.04 bits per heavy atom. The van der Waals surface area contributed by atoms with Crippen LogP contribution in [0.3, 0.4) is 0 Å². The minimum Gasteiger partial charge on any atom is -0.478 e. The summed E-state index contributed by atoms with van der Waals surface area (Å²) in [6.07, 6.45) is 7.24. The molecular weight excluding hydrogens is 316 g/mol. The molecule has 1 atom stereocenters. The number of aliphatic hydroxyl groups is 1. The zero-order valence-corrected chi connectivity index (χ0v) is 15.0. The van der Waals surface area contributed by atoms with Gasteiger partial charge in [-0.2, -0.15) is 0 Å². The fourth-order valence-electron chi connectivity index (χ4n) is 3.77. The van der Waals surface area contributed by atoms with Crippen LogP contribution in [0.5, 0.6) is 5.75 Å². The number of likely N-dealkylation sites (tertiary alicyclic amines) is 1. The Morgan fingerprint density at radius 2 is 1.76 bits per heavy atom. The topological polar surface area (TPSA) is 53.0 Å². The number of anilines is 1. The largest absolute Gasteiger partial charge is 0.478 e. The number of amides is 1. The number of carbonyl (C=O) groups is 1. The Hall–Kier alpha value is -1.59. The van der Waals surface area contributed by atoms with Crippen LogP contribution in [0, 0.1) is 0 Å². The predicted molar refractivity (Wildman–Crippen MR) is 99.1 cm³/mol. The highest BCUT2D eigenvalue weighted by Crippen LogP contribution is 2.34. The highest BCUT2D eigenvalue weighted by Gasteiger charge is 2.33. The summed E-state index contributed by atoms with van der Waals surface area (Å²) in [5.41, 5.74) is 0.858. The number of rotatable bonds is 7. The van der Waals surface area contributed by atoms with E-state index in [1.165, 1.54) is 38.8 Å². The van der Waals surface area contributed by atoms with Crippen molar-refractivity contribution in [3.8, 4) is 5.75 Å². The molecular formula is C20H30N2O3. The second-order valence-electron chi connectivity index (χ2n) is 7.04. The van der Waals surface area contributed by atoms with Gasteiger partial charge < -0.3 is 19.6 Å². The summed E-state index contributed by atoms with van der Waals surface area (Å²) < 4.78 is 5.77. The van der Waals surface area contributed by atoms with Crippen LogP contribution >= 0.6 is 0 Å². The smallest absolute Gasteiger partial charge is 0.268 e. The van der Waals surface area contributed by atoms with Crippen LogP contribution in [0.2, 0.25) is 0 Å². The number of fused-ring (bicyclic) bond motifs is 1. The van der Waals surface area contributed by atoms with Gasteiger partial charge in [0.15, 0.2) is 6.10 Å². The van der Waals surface area contributed by atoms with Crippen molar-refractivity contribution < 1.29 is 14.6 Å². The van der Waals surface area contributed by atoms with Crippen LogP contribution in [0.4, 0.5) is 5.69 Å². The highest BCUT2D eigenvalue weighted by molar-refractivity contribution is 5.99. The van der Waals surface area contributed by atoms with Crippen LogP contribution in [0.25, 0.3) is 0 Å². The first-order valence-electron chi connectivity index (χ1n) is 9.70. The first-order valence-corrected chi connectivity index (χ1v) is 9.70. The van der Waals surface area contributed by atoms with Crippen molar-refractivity contribution in [3.63, 3.8) is 0 Å². The molecule has 25 heavy (non-hydrogen) atoms. The number of ether oxygens (including phenoxy) is 1. The molecule has 1 aromatic carbocycles. The molecule has 0 saturated carbocycles.